The summed E-state index contributed by atoms with van der Waals surface area (Å²) in [5.74, 6) is 0.796. The summed E-state index contributed by atoms with van der Waals surface area (Å²) in [6.45, 7) is 1.95. The van der Waals surface area contributed by atoms with E-state index < -0.39 is 0 Å². The normalized spacial score (nSPS) is 10.6. The van der Waals surface area contributed by atoms with E-state index >= 15 is 0 Å². The van der Waals surface area contributed by atoms with Crippen LogP contribution in [-0.4, -0.2) is 25.0 Å². The van der Waals surface area contributed by atoms with Crippen LogP contribution in [-0.2, 0) is 0 Å². The van der Waals surface area contributed by atoms with Crippen molar-refractivity contribution in [1.82, 2.24) is 25.0 Å². The van der Waals surface area contributed by atoms with Gasteiger partial charge in [-0.15, -0.1) is 0 Å². The van der Waals surface area contributed by atoms with Crippen molar-refractivity contribution in [3.63, 3.8) is 0 Å². The highest BCUT2D eigenvalue weighted by atomic mass is 15.3. The van der Waals surface area contributed by atoms with Crippen LogP contribution in [0.25, 0.3) is 17.2 Å². The number of aromatic amines is 1. The first-order valence-electron chi connectivity index (χ1n) is 5.32. The van der Waals surface area contributed by atoms with Crippen LogP contribution in [0.1, 0.15) is 5.69 Å². The number of aromatic nitrogens is 5. The molecule has 84 valence electrons. The molecule has 5 nitrogen and oxygen atoms in total. The Bertz CT molecular complexity index is 624. The van der Waals surface area contributed by atoms with E-state index in [9.17, 15) is 0 Å². The predicted octanol–water partition coefficient (Wildman–Crippen LogP) is 1.97. The molecule has 0 bridgehead atoms. The zero-order valence-electron chi connectivity index (χ0n) is 9.33. The molecule has 17 heavy (non-hydrogen) atoms. The molecule has 0 atom stereocenters. The molecule has 0 saturated carbocycles. The maximum Gasteiger partial charge on any atom is 0.154 e. The van der Waals surface area contributed by atoms with Gasteiger partial charge < -0.3 is 0 Å². The molecule has 0 saturated heterocycles. The third-order valence-corrected chi connectivity index (χ3v) is 2.47. The number of pyridine rings is 1. The molecule has 0 fully saturated rings. The molecule has 0 aliphatic carbocycles. The lowest BCUT2D eigenvalue weighted by Crippen LogP contribution is -1.99. The molecule has 0 amide bonds. The van der Waals surface area contributed by atoms with Crippen LogP contribution in [0.15, 0.2) is 42.7 Å². The van der Waals surface area contributed by atoms with E-state index in [0.717, 1.165) is 22.9 Å². The quantitative estimate of drug-likeness (QED) is 0.725. The Morgan fingerprint density at radius 1 is 1.18 bits per heavy atom. The monoisotopic (exact) mass is 225 g/mol. The van der Waals surface area contributed by atoms with Gasteiger partial charge in [-0.3, -0.25) is 5.10 Å². The molecule has 3 aromatic heterocycles. The number of hydrogen-bond donors (Lipinski definition) is 1. The smallest absolute Gasteiger partial charge is 0.154 e. The first-order valence-corrected chi connectivity index (χ1v) is 5.32. The van der Waals surface area contributed by atoms with E-state index in [1.165, 1.54) is 0 Å². The maximum absolute atomic E-state index is 4.53. The molecule has 0 aromatic carbocycles. The second-order valence-electron chi connectivity index (χ2n) is 3.75. The fourth-order valence-electron chi connectivity index (χ4n) is 1.64. The lowest BCUT2D eigenvalue weighted by Gasteiger charge is -2.02. The fourth-order valence-corrected chi connectivity index (χ4v) is 1.64. The minimum atomic E-state index is 0.796. The number of hydrogen-bond acceptors (Lipinski definition) is 3. The Kier molecular flexibility index (Phi) is 2.22. The zero-order valence-corrected chi connectivity index (χ0v) is 9.33. The SMILES string of the molecule is Cc1ccn(-c2cccc(-c3ccn[nH]3)n2)n1. The van der Waals surface area contributed by atoms with Crippen molar-refractivity contribution in [2.24, 2.45) is 0 Å². The van der Waals surface area contributed by atoms with Crippen molar-refractivity contribution >= 4 is 0 Å². The summed E-state index contributed by atoms with van der Waals surface area (Å²) in [5.41, 5.74) is 2.72. The summed E-state index contributed by atoms with van der Waals surface area (Å²) >= 11 is 0. The van der Waals surface area contributed by atoms with Gasteiger partial charge in [0.15, 0.2) is 5.82 Å². The van der Waals surface area contributed by atoms with Crippen molar-refractivity contribution in [2.45, 2.75) is 6.92 Å². The third kappa shape index (κ3) is 1.82. The second kappa shape index (κ2) is 3.86. The van der Waals surface area contributed by atoms with Gasteiger partial charge in [0.25, 0.3) is 0 Å². The van der Waals surface area contributed by atoms with Crippen LogP contribution < -0.4 is 0 Å². The molecule has 1 N–H and O–H groups in total. The van der Waals surface area contributed by atoms with Crippen molar-refractivity contribution in [2.75, 3.05) is 0 Å². The van der Waals surface area contributed by atoms with E-state index in [2.05, 4.69) is 20.3 Å². The highest BCUT2D eigenvalue weighted by Crippen LogP contribution is 2.15. The second-order valence-corrected chi connectivity index (χ2v) is 3.75. The van der Waals surface area contributed by atoms with E-state index in [-0.39, 0.29) is 0 Å². The van der Waals surface area contributed by atoms with Gasteiger partial charge in [0.2, 0.25) is 0 Å². The topological polar surface area (TPSA) is 59.4 Å². The standard InChI is InChI=1S/C12H11N5/c1-9-6-8-17(16-9)12-4-2-3-10(14-12)11-5-7-13-15-11/h2-8H,1H3,(H,13,15). The Labute approximate surface area is 98.1 Å². The Morgan fingerprint density at radius 2 is 2.12 bits per heavy atom. The number of nitrogens with zero attached hydrogens (tertiary/aromatic N) is 4. The van der Waals surface area contributed by atoms with Crippen molar-refractivity contribution in [1.29, 1.82) is 0 Å². The fraction of sp³-hybridized carbons (Fsp3) is 0.0833. The Balaban J connectivity index is 2.05. The van der Waals surface area contributed by atoms with E-state index in [1.54, 1.807) is 10.9 Å². The molecule has 0 unspecified atom stereocenters. The van der Waals surface area contributed by atoms with Gasteiger partial charge in [0, 0.05) is 12.4 Å². The molecule has 3 aromatic rings. The summed E-state index contributed by atoms with van der Waals surface area (Å²) in [7, 11) is 0. The molecular formula is C12H11N5. The van der Waals surface area contributed by atoms with Crippen LogP contribution in [0.4, 0.5) is 0 Å². The van der Waals surface area contributed by atoms with E-state index in [4.69, 9.17) is 0 Å². The summed E-state index contributed by atoms with van der Waals surface area (Å²) in [6, 6.07) is 9.65. The van der Waals surface area contributed by atoms with Gasteiger partial charge >= 0.3 is 0 Å². The first kappa shape index (κ1) is 9.77. The predicted molar refractivity (Wildman–Crippen MR) is 63.7 cm³/mol. The Hall–Kier alpha value is -2.43. The zero-order chi connectivity index (χ0) is 11.7. The number of rotatable bonds is 2. The van der Waals surface area contributed by atoms with Gasteiger partial charge in [-0.25, -0.2) is 9.67 Å². The van der Waals surface area contributed by atoms with Crippen LogP contribution >= 0.6 is 0 Å². The summed E-state index contributed by atoms with van der Waals surface area (Å²) in [5, 5.41) is 11.1. The minimum absolute atomic E-state index is 0.796. The molecule has 0 aliphatic heterocycles. The van der Waals surface area contributed by atoms with Crippen LogP contribution in [0.3, 0.4) is 0 Å². The Morgan fingerprint density at radius 3 is 2.82 bits per heavy atom. The van der Waals surface area contributed by atoms with Gasteiger partial charge in [0.05, 0.1) is 17.1 Å². The molecule has 3 rings (SSSR count). The lowest BCUT2D eigenvalue weighted by atomic mass is 10.3. The summed E-state index contributed by atoms with van der Waals surface area (Å²) in [4.78, 5) is 4.53. The lowest BCUT2D eigenvalue weighted by molar-refractivity contribution is 0.833. The van der Waals surface area contributed by atoms with Gasteiger partial charge in [-0.05, 0) is 31.2 Å². The van der Waals surface area contributed by atoms with Crippen molar-refractivity contribution < 1.29 is 0 Å². The van der Waals surface area contributed by atoms with Gasteiger partial charge in [-0.1, -0.05) is 6.07 Å². The highest BCUT2D eigenvalue weighted by molar-refractivity contribution is 5.54. The largest absolute Gasteiger partial charge is 0.276 e. The van der Waals surface area contributed by atoms with Gasteiger partial charge in [-0.2, -0.15) is 10.2 Å². The molecular weight excluding hydrogens is 214 g/mol. The first-order chi connectivity index (χ1) is 8.33. The summed E-state index contributed by atoms with van der Waals surface area (Å²) < 4.78 is 1.76. The van der Waals surface area contributed by atoms with Gasteiger partial charge in [0.1, 0.15) is 0 Å². The maximum atomic E-state index is 4.53. The number of nitrogens with one attached hydrogen (secondary N) is 1. The van der Waals surface area contributed by atoms with Crippen LogP contribution in [0.2, 0.25) is 0 Å². The van der Waals surface area contributed by atoms with Crippen LogP contribution in [0, 0.1) is 6.92 Å². The highest BCUT2D eigenvalue weighted by Gasteiger charge is 2.04. The molecule has 0 spiro atoms. The average Bonchev–Trinajstić information content (AvgIpc) is 3.00. The summed E-state index contributed by atoms with van der Waals surface area (Å²) in [6.07, 6.45) is 3.61. The van der Waals surface area contributed by atoms with Crippen LogP contribution in [0.5, 0.6) is 0 Å². The number of aryl methyl sites for hydroxylation is 1. The molecule has 0 radical (unpaired) electrons. The van der Waals surface area contributed by atoms with Crippen molar-refractivity contribution in [3.05, 3.63) is 48.4 Å². The minimum Gasteiger partial charge on any atom is -0.276 e. The third-order valence-electron chi connectivity index (χ3n) is 2.47. The average molecular weight is 225 g/mol. The molecule has 5 heteroatoms. The molecule has 3 heterocycles. The van der Waals surface area contributed by atoms with E-state index in [0.29, 0.717) is 0 Å². The van der Waals surface area contributed by atoms with Crippen molar-refractivity contribution in [3.8, 4) is 17.2 Å². The van der Waals surface area contributed by atoms with E-state index in [1.807, 2.05) is 43.5 Å². The molecule has 0 aliphatic rings. The number of H-pyrrole nitrogens is 1.